The summed E-state index contributed by atoms with van der Waals surface area (Å²) in [6.07, 6.45) is 4.14. The first-order valence-corrected chi connectivity index (χ1v) is 12.2. The number of para-hydroxylation sites is 1. The van der Waals surface area contributed by atoms with Crippen LogP contribution < -0.4 is 4.74 Å². The molecule has 9 heteroatoms. The second-order valence-electron chi connectivity index (χ2n) is 8.24. The van der Waals surface area contributed by atoms with Crippen molar-refractivity contribution in [2.45, 2.75) is 25.3 Å². The van der Waals surface area contributed by atoms with Gasteiger partial charge >= 0.3 is 0 Å². The fourth-order valence-corrected chi connectivity index (χ4v) is 4.46. The summed E-state index contributed by atoms with van der Waals surface area (Å²) in [5, 5.41) is 4.13. The number of carbonyl (C=O) groups is 2. The van der Waals surface area contributed by atoms with Gasteiger partial charge in [0, 0.05) is 23.1 Å². The van der Waals surface area contributed by atoms with Crippen LogP contribution in [0.5, 0.6) is 5.75 Å². The van der Waals surface area contributed by atoms with Crippen LogP contribution in [0.15, 0.2) is 70.2 Å². The van der Waals surface area contributed by atoms with E-state index in [0.717, 1.165) is 29.3 Å². The number of aromatic nitrogens is 2. The number of halogens is 1. The number of carbonyl (C=O) groups excluding carboxylic acids is 2. The molecule has 0 radical (unpaired) electrons. The number of amides is 2. The van der Waals surface area contributed by atoms with Gasteiger partial charge in [-0.25, -0.2) is 0 Å². The predicted molar refractivity (Wildman–Crippen MR) is 135 cm³/mol. The average Bonchev–Trinajstić information content (AvgIpc) is 3.38. The van der Waals surface area contributed by atoms with Crippen LogP contribution in [-0.2, 0) is 4.79 Å². The Morgan fingerprint density at radius 1 is 1.23 bits per heavy atom. The highest BCUT2D eigenvalue weighted by molar-refractivity contribution is 9.10. The molecule has 182 valence electrons. The highest BCUT2D eigenvalue weighted by Gasteiger charge is 2.33. The number of likely N-dealkylation sites (tertiary alicyclic amines) is 1. The molecular weight excluding hydrogens is 512 g/mol. The summed E-state index contributed by atoms with van der Waals surface area (Å²) in [5.41, 5.74) is 1.23. The molecule has 4 rings (SSSR count). The second-order valence-corrected chi connectivity index (χ2v) is 9.15. The second kappa shape index (κ2) is 11.3. The summed E-state index contributed by atoms with van der Waals surface area (Å²) in [6, 6.07) is 14.3. The van der Waals surface area contributed by atoms with Gasteiger partial charge in [-0.1, -0.05) is 39.3 Å². The zero-order valence-electron chi connectivity index (χ0n) is 19.5. The zero-order chi connectivity index (χ0) is 24.8. The summed E-state index contributed by atoms with van der Waals surface area (Å²) in [4.78, 5) is 34.5. The van der Waals surface area contributed by atoms with Crippen molar-refractivity contribution in [3.63, 3.8) is 0 Å². The molecule has 1 aliphatic rings. The molecule has 1 fully saturated rings. The maximum absolute atomic E-state index is 13.4. The first kappa shape index (κ1) is 24.7. The van der Waals surface area contributed by atoms with E-state index >= 15 is 0 Å². The molecule has 1 aliphatic heterocycles. The molecule has 8 nitrogen and oxygen atoms in total. The highest BCUT2D eigenvalue weighted by Crippen LogP contribution is 2.32. The molecule has 0 bridgehead atoms. The molecule has 3 aromatic rings. The smallest absolute Gasteiger partial charge is 0.258 e. The van der Waals surface area contributed by atoms with E-state index in [9.17, 15) is 9.59 Å². The molecule has 1 unspecified atom stereocenters. The van der Waals surface area contributed by atoms with Crippen LogP contribution in [0.2, 0.25) is 0 Å². The molecule has 0 saturated carbocycles. The van der Waals surface area contributed by atoms with Gasteiger partial charge in [-0.15, -0.1) is 6.58 Å². The molecule has 35 heavy (non-hydrogen) atoms. The van der Waals surface area contributed by atoms with Gasteiger partial charge in [-0.2, -0.15) is 4.98 Å². The number of benzene rings is 2. The molecule has 0 spiro atoms. The Balaban J connectivity index is 1.53. The summed E-state index contributed by atoms with van der Waals surface area (Å²) in [5.74, 6) is 0.872. The van der Waals surface area contributed by atoms with Crippen molar-refractivity contribution in [1.29, 1.82) is 0 Å². The van der Waals surface area contributed by atoms with Crippen LogP contribution in [0.25, 0.3) is 11.4 Å². The van der Waals surface area contributed by atoms with Crippen molar-refractivity contribution in [3.05, 3.63) is 77.1 Å². The number of rotatable bonds is 8. The fourth-order valence-electron chi connectivity index (χ4n) is 4.19. The van der Waals surface area contributed by atoms with Crippen molar-refractivity contribution >= 4 is 27.7 Å². The lowest BCUT2D eigenvalue weighted by atomic mass is 10.0. The Morgan fingerprint density at radius 3 is 2.74 bits per heavy atom. The summed E-state index contributed by atoms with van der Waals surface area (Å²) in [6.45, 7) is 4.45. The van der Waals surface area contributed by atoms with Gasteiger partial charge in [0.05, 0.1) is 12.7 Å². The lowest BCUT2D eigenvalue weighted by molar-refractivity contribution is -0.136. The number of methoxy groups -OCH3 is 1. The monoisotopic (exact) mass is 538 g/mol. The number of ether oxygens (including phenoxy) is 1. The van der Waals surface area contributed by atoms with Gasteiger partial charge in [-0.3, -0.25) is 9.59 Å². The fraction of sp³-hybridized carbons (Fsp3) is 0.308. The molecule has 2 aromatic carbocycles. The summed E-state index contributed by atoms with van der Waals surface area (Å²) < 4.78 is 11.9. The van der Waals surface area contributed by atoms with E-state index in [0.29, 0.717) is 29.6 Å². The van der Waals surface area contributed by atoms with Gasteiger partial charge in [0.25, 0.3) is 5.91 Å². The molecule has 1 atom stereocenters. The summed E-state index contributed by atoms with van der Waals surface area (Å²) >= 11 is 3.42. The van der Waals surface area contributed by atoms with Gasteiger partial charge in [0.2, 0.25) is 17.6 Å². The minimum atomic E-state index is -0.333. The van der Waals surface area contributed by atoms with Crippen LogP contribution in [-0.4, -0.2) is 58.5 Å². The Kier molecular flexibility index (Phi) is 7.97. The maximum Gasteiger partial charge on any atom is 0.258 e. The van der Waals surface area contributed by atoms with E-state index in [1.54, 1.807) is 35.2 Å². The van der Waals surface area contributed by atoms with E-state index in [2.05, 4.69) is 32.6 Å². The maximum atomic E-state index is 13.4. The van der Waals surface area contributed by atoms with Gasteiger partial charge in [0.15, 0.2) is 0 Å². The largest absolute Gasteiger partial charge is 0.496 e. The molecule has 0 N–H and O–H groups in total. The van der Waals surface area contributed by atoms with Crippen LogP contribution >= 0.6 is 15.9 Å². The lowest BCUT2D eigenvalue weighted by Crippen LogP contribution is -2.46. The molecule has 1 saturated heterocycles. The first-order chi connectivity index (χ1) is 17.0. The van der Waals surface area contributed by atoms with E-state index in [-0.39, 0.29) is 30.9 Å². The van der Waals surface area contributed by atoms with Crippen molar-refractivity contribution in [2.75, 3.05) is 26.7 Å². The average molecular weight is 539 g/mol. The molecule has 2 amide bonds. The lowest BCUT2D eigenvalue weighted by Gasteiger charge is -2.35. The third-order valence-corrected chi connectivity index (χ3v) is 6.48. The van der Waals surface area contributed by atoms with Crippen molar-refractivity contribution in [2.24, 2.45) is 0 Å². The number of nitrogens with zero attached hydrogens (tertiary/aromatic N) is 4. The van der Waals surface area contributed by atoms with Crippen molar-refractivity contribution < 1.29 is 18.8 Å². The molecule has 2 heterocycles. The normalized spacial score (nSPS) is 15.5. The quantitative estimate of drug-likeness (QED) is 0.379. The van der Waals surface area contributed by atoms with Crippen LogP contribution in [0, 0.1) is 0 Å². The van der Waals surface area contributed by atoms with E-state index in [1.807, 2.05) is 24.3 Å². The Morgan fingerprint density at radius 2 is 2.00 bits per heavy atom. The van der Waals surface area contributed by atoms with E-state index < -0.39 is 0 Å². The minimum absolute atomic E-state index is 0.0902. The molecule has 0 aliphatic carbocycles. The zero-order valence-corrected chi connectivity index (χ0v) is 21.1. The standard InChI is InChI=1S/C26H27BrN4O4/c1-3-15-30(26(33)20-8-4-5-10-22(20)34-2)17-23(32)31-16-7-6-9-21(31)25-28-24(29-35-25)18-11-13-19(27)14-12-18/h3-5,8,10-14,21H,1,6-7,9,15-17H2,2H3. The van der Waals surface area contributed by atoms with Gasteiger partial charge < -0.3 is 19.1 Å². The van der Waals surface area contributed by atoms with Crippen molar-refractivity contribution in [3.8, 4) is 17.1 Å². The van der Waals surface area contributed by atoms with E-state index in [1.165, 1.54) is 12.0 Å². The Bertz CT molecular complexity index is 1190. The third kappa shape index (κ3) is 5.62. The number of hydrogen-bond acceptors (Lipinski definition) is 6. The Labute approximate surface area is 212 Å². The third-order valence-electron chi connectivity index (χ3n) is 5.95. The first-order valence-electron chi connectivity index (χ1n) is 11.4. The van der Waals surface area contributed by atoms with Crippen LogP contribution in [0.4, 0.5) is 0 Å². The molecule has 1 aromatic heterocycles. The number of hydrogen-bond donors (Lipinski definition) is 0. The van der Waals surface area contributed by atoms with Gasteiger partial charge in [0.1, 0.15) is 18.3 Å². The topological polar surface area (TPSA) is 88.8 Å². The van der Waals surface area contributed by atoms with E-state index in [4.69, 9.17) is 9.26 Å². The SMILES string of the molecule is C=CCN(CC(=O)N1CCCCC1c1nc(-c2ccc(Br)cc2)no1)C(=O)c1ccccc1OC. The number of piperidine rings is 1. The van der Waals surface area contributed by atoms with Crippen LogP contribution in [0.3, 0.4) is 0 Å². The van der Waals surface area contributed by atoms with Crippen molar-refractivity contribution in [1.82, 2.24) is 19.9 Å². The molecular formula is C26H27BrN4O4. The van der Waals surface area contributed by atoms with Gasteiger partial charge in [-0.05, 0) is 55.7 Å². The summed E-state index contributed by atoms with van der Waals surface area (Å²) in [7, 11) is 1.51. The predicted octanol–water partition coefficient (Wildman–Crippen LogP) is 4.89. The highest BCUT2D eigenvalue weighted by atomic mass is 79.9. The Hall–Kier alpha value is -3.46. The minimum Gasteiger partial charge on any atom is -0.496 e. The van der Waals surface area contributed by atoms with Crippen LogP contribution in [0.1, 0.15) is 41.6 Å².